The number of hydrogen-bond acceptors (Lipinski definition) is 3. The maximum absolute atomic E-state index is 6.33. The van der Waals surface area contributed by atoms with E-state index in [9.17, 15) is 0 Å². The molecule has 21 heavy (non-hydrogen) atoms. The van der Waals surface area contributed by atoms with Crippen LogP contribution in [0.15, 0.2) is 36.5 Å². The Hall–Kier alpha value is -1.61. The first-order chi connectivity index (χ1) is 10.3. The van der Waals surface area contributed by atoms with Gasteiger partial charge in [0.1, 0.15) is 11.9 Å². The third kappa shape index (κ3) is 2.11. The van der Waals surface area contributed by atoms with Crippen LogP contribution in [-0.4, -0.2) is 17.1 Å². The molecule has 0 radical (unpaired) electrons. The van der Waals surface area contributed by atoms with Gasteiger partial charge in [-0.1, -0.05) is 25.3 Å². The second kappa shape index (κ2) is 4.99. The molecule has 2 fully saturated rings. The monoisotopic (exact) mass is 282 g/mol. The molecule has 4 rings (SSSR count). The summed E-state index contributed by atoms with van der Waals surface area (Å²) >= 11 is 0. The summed E-state index contributed by atoms with van der Waals surface area (Å²) in [5, 5.41) is 1.16. The first kappa shape index (κ1) is 13.1. The Balaban J connectivity index is 1.57. The summed E-state index contributed by atoms with van der Waals surface area (Å²) in [5.41, 5.74) is 7.56. The molecule has 2 N–H and O–H groups in total. The molecule has 1 aromatic carbocycles. The van der Waals surface area contributed by atoms with E-state index in [2.05, 4.69) is 29.2 Å². The Labute approximate surface area is 125 Å². The lowest BCUT2D eigenvalue weighted by Crippen LogP contribution is -2.64. The van der Waals surface area contributed by atoms with Crippen LogP contribution in [0.3, 0.4) is 0 Å². The van der Waals surface area contributed by atoms with Gasteiger partial charge in [-0.3, -0.25) is 4.98 Å². The van der Waals surface area contributed by atoms with Crippen molar-refractivity contribution in [2.24, 2.45) is 11.1 Å². The topological polar surface area (TPSA) is 48.1 Å². The highest BCUT2D eigenvalue weighted by molar-refractivity contribution is 5.79. The SMILES string of the molecule is NC1CC(Oc2ccc3cccnc3c2)C12CCCCC2. The number of benzene rings is 1. The molecule has 1 aromatic heterocycles. The van der Waals surface area contributed by atoms with Gasteiger partial charge in [-0.05, 0) is 31.0 Å². The van der Waals surface area contributed by atoms with Gasteiger partial charge < -0.3 is 10.5 Å². The number of aromatic nitrogens is 1. The quantitative estimate of drug-likeness (QED) is 0.914. The van der Waals surface area contributed by atoms with E-state index in [-0.39, 0.29) is 11.5 Å². The number of ether oxygens (including phenoxy) is 1. The minimum atomic E-state index is 0.233. The third-order valence-corrected chi connectivity index (χ3v) is 5.49. The van der Waals surface area contributed by atoms with E-state index in [4.69, 9.17) is 10.5 Å². The second-order valence-corrected chi connectivity index (χ2v) is 6.60. The highest BCUT2D eigenvalue weighted by atomic mass is 16.5. The highest BCUT2D eigenvalue weighted by Gasteiger charge is 2.54. The molecular weight excluding hydrogens is 260 g/mol. The van der Waals surface area contributed by atoms with E-state index in [1.807, 2.05) is 12.3 Å². The fraction of sp³-hybridized carbons (Fsp3) is 0.500. The first-order valence-electron chi connectivity index (χ1n) is 8.05. The van der Waals surface area contributed by atoms with Gasteiger partial charge in [0.15, 0.2) is 0 Å². The number of hydrogen-bond donors (Lipinski definition) is 1. The Bertz CT molecular complexity index is 648. The largest absolute Gasteiger partial charge is 0.490 e. The van der Waals surface area contributed by atoms with Gasteiger partial charge in [0, 0.05) is 35.5 Å². The van der Waals surface area contributed by atoms with E-state index in [1.54, 1.807) is 0 Å². The highest BCUT2D eigenvalue weighted by Crippen LogP contribution is 2.52. The number of rotatable bonds is 2. The number of nitrogens with zero attached hydrogens (tertiary/aromatic N) is 1. The van der Waals surface area contributed by atoms with Crippen LogP contribution in [-0.2, 0) is 0 Å². The molecule has 2 aliphatic rings. The minimum Gasteiger partial charge on any atom is -0.490 e. The lowest BCUT2D eigenvalue weighted by Gasteiger charge is -2.56. The molecule has 0 amide bonds. The average Bonchev–Trinajstić information content (AvgIpc) is 2.55. The number of nitrogens with two attached hydrogens (primary N) is 1. The van der Waals surface area contributed by atoms with Crippen molar-refractivity contribution in [3.63, 3.8) is 0 Å². The van der Waals surface area contributed by atoms with Crippen molar-refractivity contribution in [3.8, 4) is 5.75 Å². The first-order valence-corrected chi connectivity index (χ1v) is 8.05. The maximum atomic E-state index is 6.33. The minimum absolute atomic E-state index is 0.233. The molecule has 1 spiro atoms. The fourth-order valence-electron chi connectivity index (χ4n) is 4.13. The Morgan fingerprint density at radius 1 is 1.14 bits per heavy atom. The molecule has 3 heteroatoms. The molecule has 2 unspecified atom stereocenters. The van der Waals surface area contributed by atoms with Crippen molar-refractivity contribution in [3.05, 3.63) is 36.5 Å². The van der Waals surface area contributed by atoms with Gasteiger partial charge >= 0.3 is 0 Å². The zero-order valence-electron chi connectivity index (χ0n) is 12.3. The van der Waals surface area contributed by atoms with Crippen LogP contribution in [0.2, 0.25) is 0 Å². The van der Waals surface area contributed by atoms with Crippen molar-refractivity contribution in [2.75, 3.05) is 0 Å². The van der Waals surface area contributed by atoms with Crippen molar-refractivity contribution in [1.29, 1.82) is 0 Å². The smallest absolute Gasteiger partial charge is 0.121 e. The van der Waals surface area contributed by atoms with Crippen LogP contribution in [0.5, 0.6) is 5.75 Å². The fourth-order valence-corrected chi connectivity index (χ4v) is 4.13. The molecule has 1 heterocycles. The van der Waals surface area contributed by atoms with Crippen LogP contribution in [0.4, 0.5) is 0 Å². The van der Waals surface area contributed by atoms with Crippen LogP contribution in [0.1, 0.15) is 38.5 Å². The summed E-state index contributed by atoms with van der Waals surface area (Å²) in [4.78, 5) is 4.41. The van der Waals surface area contributed by atoms with E-state index in [0.717, 1.165) is 23.1 Å². The predicted molar refractivity (Wildman–Crippen MR) is 84.3 cm³/mol. The molecule has 0 saturated heterocycles. The third-order valence-electron chi connectivity index (χ3n) is 5.49. The molecule has 2 aromatic rings. The van der Waals surface area contributed by atoms with Gasteiger partial charge in [-0.25, -0.2) is 0 Å². The predicted octanol–water partition coefficient (Wildman–Crippen LogP) is 3.66. The lowest BCUT2D eigenvalue weighted by molar-refractivity contribution is -0.0897. The zero-order chi connectivity index (χ0) is 14.3. The van der Waals surface area contributed by atoms with Gasteiger partial charge in [-0.15, -0.1) is 0 Å². The van der Waals surface area contributed by atoms with Gasteiger partial charge in [0.2, 0.25) is 0 Å². The molecule has 2 saturated carbocycles. The maximum Gasteiger partial charge on any atom is 0.121 e. The van der Waals surface area contributed by atoms with Crippen molar-refractivity contribution in [1.82, 2.24) is 4.98 Å². The van der Waals surface area contributed by atoms with Crippen LogP contribution < -0.4 is 10.5 Å². The van der Waals surface area contributed by atoms with Crippen molar-refractivity contribution < 1.29 is 4.74 Å². The number of fused-ring (bicyclic) bond motifs is 1. The van der Waals surface area contributed by atoms with E-state index >= 15 is 0 Å². The van der Waals surface area contributed by atoms with Crippen molar-refractivity contribution in [2.45, 2.75) is 50.7 Å². The Morgan fingerprint density at radius 2 is 2.00 bits per heavy atom. The normalized spacial score (nSPS) is 27.5. The van der Waals surface area contributed by atoms with Crippen molar-refractivity contribution >= 4 is 10.9 Å². The Kier molecular flexibility index (Phi) is 3.11. The number of pyridine rings is 1. The van der Waals surface area contributed by atoms with Crippen LogP contribution in [0, 0.1) is 5.41 Å². The van der Waals surface area contributed by atoms with Crippen LogP contribution >= 0.6 is 0 Å². The molecule has 3 nitrogen and oxygen atoms in total. The summed E-state index contributed by atoms with van der Waals surface area (Å²) < 4.78 is 6.30. The van der Waals surface area contributed by atoms with E-state index < -0.39 is 0 Å². The summed E-state index contributed by atoms with van der Waals surface area (Å²) in [6.45, 7) is 0. The standard InChI is InChI=1S/C18H22N2O/c19-16-12-17(18(16)8-2-1-3-9-18)21-14-7-6-13-5-4-10-20-15(13)11-14/h4-7,10-11,16-17H,1-3,8-9,12,19H2. The van der Waals surface area contributed by atoms with Gasteiger partial charge in [0.25, 0.3) is 0 Å². The molecule has 2 atom stereocenters. The molecule has 0 bridgehead atoms. The lowest BCUT2D eigenvalue weighted by atomic mass is 9.55. The average molecular weight is 282 g/mol. The summed E-state index contributed by atoms with van der Waals surface area (Å²) in [7, 11) is 0. The zero-order valence-corrected chi connectivity index (χ0v) is 12.3. The summed E-state index contributed by atoms with van der Waals surface area (Å²) in [5.74, 6) is 0.933. The van der Waals surface area contributed by atoms with Gasteiger partial charge in [-0.2, -0.15) is 0 Å². The van der Waals surface area contributed by atoms with Crippen LogP contribution in [0.25, 0.3) is 10.9 Å². The molecule has 2 aliphatic carbocycles. The second-order valence-electron chi connectivity index (χ2n) is 6.60. The summed E-state index contributed by atoms with van der Waals surface area (Å²) in [6.07, 6.45) is 9.50. The Morgan fingerprint density at radius 3 is 2.81 bits per heavy atom. The molecular formula is C18H22N2O. The molecule has 110 valence electrons. The van der Waals surface area contributed by atoms with E-state index in [1.165, 1.54) is 32.1 Å². The van der Waals surface area contributed by atoms with Gasteiger partial charge in [0.05, 0.1) is 5.52 Å². The molecule has 0 aliphatic heterocycles. The summed E-state index contributed by atoms with van der Waals surface area (Å²) in [6, 6.07) is 10.6. The van der Waals surface area contributed by atoms with E-state index in [0.29, 0.717) is 6.04 Å².